The fourth-order valence-corrected chi connectivity index (χ4v) is 5.88. The maximum Gasteiger partial charge on any atom is 0.252 e. The summed E-state index contributed by atoms with van der Waals surface area (Å²) in [5.41, 5.74) is -0.202. The number of carbonyl (C=O) groups excluding carboxylic acids is 1. The molecule has 0 bridgehead atoms. The molecule has 0 aromatic carbocycles. The predicted molar refractivity (Wildman–Crippen MR) is 93.3 cm³/mol. The van der Waals surface area contributed by atoms with Gasteiger partial charge in [0.1, 0.15) is 16.4 Å². The largest absolute Gasteiger partial charge is 0.379 e. The van der Waals surface area contributed by atoms with Gasteiger partial charge in [0.2, 0.25) is 0 Å². The minimum absolute atomic E-state index is 0.173. The van der Waals surface area contributed by atoms with E-state index in [0.717, 1.165) is 30.6 Å². The van der Waals surface area contributed by atoms with E-state index in [9.17, 15) is 13.2 Å². The Hall–Kier alpha value is -1.82. The van der Waals surface area contributed by atoms with E-state index in [1.165, 1.54) is 16.7 Å². The maximum absolute atomic E-state index is 12.7. The van der Waals surface area contributed by atoms with Crippen molar-refractivity contribution in [2.75, 3.05) is 26.3 Å². The average Bonchev–Trinajstić information content (AvgIpc) is 3.30. The predicted octanol–water partition coefficient (Wildman–Crippen LogP) is 0.696. The summed E-state index contributed by atoms with van der Waals surface area (Å²) >= 11 is 1.06. The van der Waals surface area contributed by atoms with Crippen molar-refractivity contribution in [3.05, 3.63) is 29.2 Å². The van der Waals surface area contributed by atoms with Crippen LogP contribution in [0, 0.1) is 0 Å². The quantitative estimate of drug-likeness (QED) is 0.767. The highest BCUT2D eigenvalue weighted by Gasteiger charge is 2.43. The monoisotopic (exact) mass is 397 g/mol. The number of morpholine rings is 1. The van der Waals surface area contributed by atoms with Crippen molar-refractivity contribution in [1.29, 1.82) is 0 Å². The van der Waals surface area contributed by atoms with Crippen LogP contribution in [-0.2, 0) is 20.3 Å². The fraction of sp³-hybridized carbons (Fsp3) is 0.533. The third-order valence-corrected chi connectivity index (χ3v) is 8.14. The summed E-state index contributed by atoms with van der Waals surface area (Å²) in [5.74, 6) is 0.328. The van der Waals surface area contributed by atoms with E-state index < -0.39 is 15.6 Å². The van der Waals surface area contributed by atoms with Gasteiger partial charge in [-0.25, -0.2) is 13.4 Å². The van der Waals surface area contributed by atoms with Crippen LogP contribution in [0.2, 0.25) is 0 Å². The van der Waals surface area contributed by atoms with E-state index in [-0.39, 0.29) is 10.1 Å². The first-order valence-electron chi connectivity index (χ1n) is 8.36. The van der Waals surface area contributed by atoms with Crippen LogP contribution >= 0.6 is 11.3 Å². The number of hydrogen-bond donors (Lipinski definition) is 2. The third kappa shape index (κ3) is 3.04. The van der Waals surface area contributed by atoms with Crippen LogP contribution in [-0.4, -0.2) is 60.1 Å². The first kappa shape index (κ1) is 17.6. The van der Waals surface area contributed by atoms with Gasteiger partial charge < -0.3 is 10.1 Å². The van der Waals surface area contributed by atoms with Gasteiger partial charge in [0.25, 0.3) is 15.9 Å². The molecule has 1 aliphatic carbocycles. The van der Waals surface area contributed by atoms with Gasteiger partial charge in [0, 0.05) is 18.5 Å². The Morgan fingerprint density at radius 1 is 1.35 bits per heavy atom. The number of nitrogens with zero attached hydrogens (tertiary/aromatic N) is 3. The molecular weight excluding hydrogens is 378 g/mol. The fourth-order valence-electron chi connectivity index (χ4n) is 3.16. The summed E-state index contributed by atoms with van der Waals surface area (Å²) in [6.45, 7) is 1.43. The van der Waals surface area contributed by atoms with Crippen molar-refractivity contribution in [2.45, 2.75) is 29.0 Å². The van der Waals surface area contributed by atoms with Crippen molar-refractivity contribution in [3.63, 3.8) is 0 Å². The molecule has 140 valence electrons. The number of sulfonamides is 1. The number of aromatic nitrogens is 3. The maximum atomic E-state index is 12.7. The number of H-pyrrole nitrogens is 1. The minimum Gasteiger partial charge on any atom is -0.379 e. The number of hydrogen-bond acceptors (Lipinski definition) is 7. The van der Waals surface area contributed by atoms with Gasteiger partial charge >= 0.3 is 0 Å². The highest BCUT2D eigenvalue weighted by Crippen LogP contribution is 2.39. The van der Waals surface area contributed by atoms with Crippen LogP contribution in [0.5, 0.6) is 0 Å². The smallest absolute Gasteiger partial charge is 0.252 e. The van der Waals surface area contributed by atoms with Crippen LogP contribution in [0.4, 0.5) is 0 Å². The first-order chi connectivity index (χ1) is 12.5. The summed E-state index contributed by atoms with van der Waals surface area (Å²) in [6, 6.07) is 1.44. The molecule has 2 aromatic rings. The Labute approximate surface area is 154 Å². The van der Waals surface area contributed by atoms with Crippen LogP contribution < -0.4 is 5.32 Å². The molecule has 1 saturated heterocycles. The van der Waals surface area contributed by atoms with E-state index in [1.807, 2.05) is 0 Å². The lowest BCUT2D eigenvalue weighted by Gasteiger charge is -2.40. The third-order valence-electron chi connectivity index (χ3n) is 4.83. The minimum atomic E-state index is -3.59. The Morgan fingerprint density at radius 3 is 2.73 bits per heavy atom. The van der Waals surface area contributed by atoms with Crippen molar-refractivity contribution in [2.24, 2.45) is 0 Å². The van der Waals surface area contributed by atoms with Crippen molar-refractivity contribution in [1.82, 2.24) is 24.8 Å². The molecule has 0 spiro atoms. The van der Waals surface area contributed by atoms with Crippen LogP contribution in [0.1, 0.15) is 35.4 Å². The Balaban J connectivity index is 1.51. The van der Waals surface area contributed by atoms with E-state index in [0.29, 0.717) is 37.7 Å². The highest BCUT2D eigenvalue weighted by molar-refractivity contribution is 7.91. The van der Waals surface area contributed by atoms with Gasteiger partial charge in [-0.3, -0.25) is 9.89 Å². The summed E-state index contributed by atoms with van der Waals surface area (Å²) in [7, 11) is -3.59. The normalized spacial score (nSPS) is 20.5. The van der Waals surface area contributed by atoms with Gasteiger partial charge in [-0.1, -0.05) is 0 Å². The summed E-state index contributed by atoms with van der Waals surface area (Å²) in [6.07, 6.45) is 3.95. The molecule has 26 heavy (non-hydrogen) atoms. The second-order valence-electron chi connectivity index (χ2n) is 6.39. The van der Waals surface area contributed by atoms with E-state index in [4.69, 9.17) is 4.74 Å². The second kappa shape index (κ2) is 6.72. The Bertz CT molecular complexity index is 883. The molecule has 1 saturated carbocycles. The summed E-state index contributed by atoms with van der Waals surface area (Å²) < 4.78 is 32.1. The van der Waals surface area contributed by atoms with Crippen molar-refractivity contribution >= 4 is 27.3 Å². The Morgan fingerprint density at radius 2 is 2.12 bits per heavy atom. The zero-order valence-electron chi connectivity index (χ0n) is 14.0. The molecule has 1 aliphatic heterocycles. The standard InChI is InChI=1S/C15H19N5O4S2/c21-13(18-15(2-1-3-15)14-16-10-17-19-14)11-8-12(25-9-11)26(22,23)20-4-6-24-7-5-20/h8-10H,1-7H2,(H,18,21)(H,16,17,19). The first-order valence-corrected chi connectivity index (χ1v) is 10.7. The molecule has 1 amide bonds. The number of ether oxygens (including phenoxy) is 1. The number of nitrogens with one attached hydrogen (secondary N) is 2. The highest BCUT2D eigenvalue weighted by atomic mass is 32.2. The van der Waals surface area contributed by atoms with E-state index in [2.05, 4.69) is 20.5 Å². The van der Waals surface area contributed by atoms with Crippen molar-refractivity contribution < 1.29 is 17.9 Å². The zero-order chi connectivity index (χ0) is 18.2. The van der Waals surface area contributed by atoms with Gasteiger partial charge in [-0.2, -0.15) is 9.40 Å². The van der Waals surface area contributed by atoms with Gasteiger partial charge in [0.05, 0.1) is 24.3 Å². The number of aromatic amines is 1. The number of carbonyl (C=O) groups is 1. The molecule has 0 atom stereocenters. The molecule has 2 N–H and O–H groups in total. The van der Waals surface area contributed by atoms with E-state index >= 15 is 0 Å². The lowest BCUT2D eigenvalue weighted by molar-refractivity contribution is 0.0731. The van der Waals surface area contributed by atoms with Crippen molar-refractivity contribution in [3.8, 4) is 0 Å². The average molecular weight is 397 g/mol. The molecule has 2 fully saturated rings. The molecule has 3 heterocycles. The lowest BCUT2D eigenvalue weighted by Crippen LogP contribution is -2.51. The summed E-state index contributed by atoms with van der Waals surface area (Å²) in [4.78, 5) is 16.8. The second-order valence-corrected chi connectivity index (χ2v) is 9.47. The number of amides is 1. The summed E-state index contributed by atoms with van der Waals surface area (Å²) in [5, 5.41) is 11.3. The molecule has 4 rings (SSSR count). The molecule has 2 aromatic heterocycles. The van der Waals surface area contributed by atoms with E-state index in [1.54, 1.807) is 5.38 Å². The zero-order valence-corrected chi connectivity index (χ0v) is 15.6. The Kier molecular flexibility index (Phi) is 4.55. The molecule has 11 heteroatoms. The van der Waals surface area contributed by atoms with Gasteiger partial charge in [-0.05, 0) is 25.3 Å². The molecule has 0 radical (unpaired) electrons. The lowest BCUT2D eigenvalue weighted by atomic mass is 9.76. The number of rotatable bonds is 5. The molecule has 9 nitrogen and oxygen atoms in total. The van der Waals surface area contributed by atoms with Crippen LogP contribution in [0.3, 0.4) is 0 Å². The van der Waals surface area contributed by atoms with Crippen LogP contribution in [0.15, 0.2) is 22.0 Å². The molecule has 0 unspecified atom stereocenters. The van der Waals surface area contributed by atoms with Gasteiger partial charge in [0.15, 0.2) is 0 Å². The van der Waals surface area contributed by atoms with Crippen LogP contribution in [0.25, 0.3) is 0 Å². The molecular formula is C15H19N5O4S2. The SMILES string of the molecule is O=C(NC1(c2ncn[nH]2)CCC1)c1csc(S(=O)(=O)N2CCOCC2)c1. The van der Waals surface area contributed by atoms with Gasteiger partial charge in [-0.15, -0.1) is 11.3 Å². The molecule has 2 aliphatic rings. The topological polar surface area (TPSA) is 117 Å². The number of thiophene rings is 1.